The lowest BCUT2D eigenvalue weighted by atomic mass is 10.0. The van der Waals surface area contributed by atoms with Gasteiger partial charge < -0.3 is 9.47 Å². The summed E-state index contributed by atoms with van der Waals surface area (Å²) in [5, 5.41) is 0. The Hall–Kier alpha value is -2.70. The molecule has 0 radical (unpaired) electrons. The summed E-state index contributed by atoms with van der Waals surface area (Å²) in [4.78, 5) is 28.8. The summed E-state index contributed by atoms with van der Waals surface area (Å²) in [6, 6.07) is 16.2. The van der Waals surface area contributed by atoms with Crippen molar-refractivity contribution < 1.29 is 19.1 Å². The minimum Gasteiger partial charge on any atom is -0.460 e. The van der Waals surface area contributed by atoms with Gasteiger partial charge in [-0.1, -0.05) is 152 Å². The fraction of sp³-hybridized carbons (Fsp3) is 0.650. The van der Waals surface area contributed by atoms with Crippen molar-refractivity contribution in [3.8, 4) is 11.1 Å². The normalized spacial score (nSPS) is 11.3. The maximum absolute atomic E-state index is 12.3. The first kappa shape index (κ1) is 39.5. The van der Waals surface area contributed by atoms with Crippen LogP contribution in [0.2, 0.25) is 0 Å². The minimum absolute atomic E-state index is 0.183. The number of likely N-dealkylation sites (N-methyl/N-ethyl adjacent to an activating group) is 2. The number of esters is 2. The zero-order chi connectivity index (χ0) is 33.2. The van der Waals surface area contributed by atoms with Crippen molar-refractivity contribution in [1.29, 1.82) is 0 Å². The number of hydrogen-bond acceptors (Lipinski definition) is 6. The van der Waals surface area contributed by atoms with E-state index in [2.05, 4.69) is 47.9 Å². The highest BCUT2D eigenvalue weighted by Gasteiger charge is 2.10. The van der Waals surface area contributed by atoms with E-state index in [1.807, 2.05) is 38.4 Å². The highest BCUT2D eigenvalue weighted by Crippen LogP contribution is 2.21. The van der Waals surface area contributed by atoms with Crippen LogP contribution in [0.5, 0.6) is 0 Å². The number of ether oxygens (including phenoxy) is 2. The van der Waals surface area contributed by atoms with Gasteiger partial charge >= 0.3 is 11.9 Å². The molecule has 0 aliphatic rings. The summed E-state index contributed by atoms with van der Waals surface area (Å²) in [7, 11) is 3.98. The molecule has 0 heterocycles. The summed E-state index contributed by atoms with van der Waals surface area (Å²) < 4.78 is 11.1. The molecule has 0 atom stereocenters. The molecule has 0 N–H and O–H groups in total. The number of carbonyl (C=O) groups is 2. The summed E-state index contributed by atoms with van der Waals surface area (Å²) in [6.45, 7) is 7.57. The van der Waals surface area contributed by atoms with Gasteiger partial charge in [0.2, 0.25) is 0 Å². The van der Waals surface area contributed by atoms with Crippen LogP contribution >= 0.6 is 0 Å². The number of rotatable bonds is 27. The Bertz CT molecular complexity index is 968. The highest BCUT2D eigenvalue weighted by atomic mass is 16.5. The van der Waals surface area contributed by atoms with Crippen LogP contribution in [0.3, 0.4) is 0 Å². The van der Waals surface area contributed by atoms with Gasteiger partial charge in [0.1, 0.15) is 13.2 Å². The molecule has 2 rings (SSSR count). The van der Waals surface area contributed by atoms with Crippen molar-refractivity contribution >= 4 is 11.9 Å². The van der Waals surface area contributed by atoms with Gasteiger partial charge in [0, 0.05) is 0 Å². The van der Waals surface area contributed by atoms with Crippen molar-refractivity contribution in [2.24, 2.45) is 0 Å². The van der Waals surface area contributed by atoms with E-state index in [-0.39, 0.29) is 25.2 Å². The van der Waals surface area contributed by atoms with E-state index >= 15 is 0 Å². The van der Waals surface area contributed by atoms with E-state index in [9.17, 15) is 9.59 Å². The molecule has 258 valence electrons. The van der Waals surface area contributed by atoms with Gasteiger partial charge in [-0.2, -0.15) is 0 Å². The van der Waals surface area contributed by atoms with Crippen molar-refractivity contribution in [3.05, 3.63) is 59.7 Å². The molecule has 0 saturated carbocycles. The van der Waals surface area contributed by atoms with Gasteiger partial charge in [-0.3, -0.25) is 19.4 Å². The molecule has 0 aromatic heterocycles. The first-order valence-corrected chi connectivity index (χ1v) is 18.3. The Morgan fingerprint density at radius 2 is 0.783 bits per heavy atom. The average molecular weight is 637 g/mol. The predicted octanol–water partition coefficient (Wildman–Crippen LogP) is 9.59. The molecule has 2 aromatic rings. The Morgan fingerprint density at radius 1 is 0.478 bits per heavy atom. The molecule has 0 unspecified atom stereocenters. The lowest BCUT2D eigenvalue weighted by molar-refractivity contribution is -0.146. The molecule has 6 nitrogen and oxygen atoms in total. The second kappa shape index (κ2) is 25.4. The number of benzene rings is 2. The molecule has 0 aliphatic heterocycles. The first-order chi connectivity index (χ1) is 22.4. The second-order valence-electron chi connectivity index (χ2n) is 13.1. The molecule has 0 fully saturated rings. The average Bonchev–Trinajstić information content (AvgIpc) is 3.05. The zero-order valence-electron chi connectivity index (χ0n) is 29.7. The van der Waals surface area contributed by atoms with E-state index in [1.165, 1.54) is 89.9 Å². The molecular formula is C40H64N2O4. The summed E-state index contributed by atoms with van der Waals surface area (Å²) in [5.41, 5.74) is 4.12. The van der Waals surface area contributed by atoms with Crippen molar-refractivity contribution in [2.75, 3.05) is 40.3 Å². The molecule has 0 aliphatic carbocycles. The molecule has 2 aromatic carbocycles. The van der Waals surface area contributed by atoms with Crippen LogP contribution in [0, 0.1) is 0 Å². The Morgan fingerprint density at radius 3 is 1.11 bits per heavy atom. The first-order valence-electron chi connectivity index (χ1n) is 18.3. The smallest absolute Gasteiger partial charge is 0.320 e. The Balaban J connectivity index is 1.60. The molecule has 46 heavy (non-hydrogen) atoms. The number of unbranched alkanes of at least 4 members (excludes halogenated alkanes) is 14. The van der Waals surface area contributed by atoms with Crippen LogP contribution in [0.1, 0.15) is 128 Å². The zero-order valence-corrected chi connectivity index (χ0v) is 29.7. The van der Waals surface area contributed by atoms with Gasteiger partial charge in [-0.25, -0.2) is 0 Å². The largest absolute Gasteiger partial charge is 0.460 e. The van der Waals surface area contributed by atoms with E-state index in [0.29, 0.717) is 13.1 Å². The van der Waals surface area contributed by atoms with Crippen LogP contribution in [0.15, 0.2) is 48.5 Å². The second-order valence-corrected chi connectivity index (χ2v) is 13.1. The molecule has 6 heteroatoms. The van der Waals surface area contributed by atoms with Crippen molar-refractivity contribution in [3.63, 3.8) is 0 Å². The number of nitrogens with zero attached hydrogens (tertiary/aromatic N) is 2. The molecule has 0 amide bonds. The predicted molar refractivity (Wildman–Crippen MR) is 192 cm³/mol. The third kappa shape index (κ3) is 19.1. The number of hydrogen-bond donors (Lipinski definition) is 0. The van der Waals surface area contributed by atoms with E-state index in [0.717, 1.165) is 48.2 Å². The lowest BCUT2D eigenvalue weighted by Gasteiger charge is -2.16. The van der Waals surface area contributed by atoms with E-state index < -0.39 is 0 Å². The SMILES string of the molecule is CCCCCCCCCCN(C)CC(=O)OCc1ccc(-c2ccc(COC(=O)CN(C)CCCCCCCCCC)cc2)cc1. The molecular weight excluding hydrogens is 572 g/mol. The maximum Gasteiger partial charge on any atom is 0.320 e. The minimum atomic E-state index is -0.183. The van der Waals surface area contributed by atoms with Crippen LogP contribution in [-0.4, -0.2) is 62.0 Å². The van der Waals surface area contributed by atoms with Crippen molar-refractivity contribution in [1.82, 2.24) is 9.80 Å². The third-order valence-corrected chi connectivity index (χ3v) is 8.63. The maximum atomic E-state index is 12.3. The molecule has 0 saturated heterocycles. The van der Waals surface area contributed by atoms with E-state index in [4.69, 9.17) is 9.47 Å². The lowest BCUT2D eigenvalue weighted by Crippen LogP contribution is -2.28. The quantitative estimate of drug-likeness (QED) is 0.0719. The summed E-state index contributed by atoms with van der Waals surface area (Å²) >= 11 is 0. The highest BCUT2D eigenvalue weighted by molar-refractivity contribution is 5.72. The monoisotopic (exact) mass is 636 g/mol. The van der Waals surface area contributed by atoms with Crippen LogP contribution in [-0.2, 0) is 32.3 Å². The van der Waals surface area contributed by atoms with Crippen LogP contribution in [0.25, 0.3) is 11.1 Å². The summed E-state index contributed by atoms with van der Waals surface area (Å²) in [5.74, 6) is -0.366. The topological polar surface area (TPSA) is 59.1 Å². The fourth-order valence-electron chi connectivity index (χ4n) is 5.64. The number of carbonyl (C=O) groups excluding carboxylic acids is 2. The van der Waals surface area contributed by atoms with Crippen LogP contribution < -0.4 is 0 Å². The fourth-order valence-corrected chi connectivity index (χ4v) is 5.64. The molecule has 0 spiro atoms. The van der Waals surface area contributed by atoms with Gasteiger partial charge in [-0.15, -0.1) is 0 Å². The van der Waals surface area contributed by atoms with Gasteiger partial charge in [0.05, 0.1) is 13.1 Å². The van der Waals surface area contributed by atoms with E-state index in [1.54, 1.807) is 0 Å². The Kier molecular flexibility index (Phi) is 21.8. The summed E-state index contributed by atoms with van der Waals surface area (Å²) in [6.07, 6.45) is 20.6. The van der Waals surface area contributed by atoms with Crippen LogP contribution in [0.4, 0.5) is 0 Å². The van der Waals surface area contributed by atoms with Gasteiger partial charge in [0.15, 0.2) is 0 Å². The van der Waals surface area contributed by atoms with Gasteiger partial charge in [0.25, 0.3) is 0 Å². The van der Waals surface area contributed by atoms with Crippen molar-refractivity contribution in [2.45, 2.75) is 130 Å². The molecule has 0 bridgehead atoms. The standard InChI is InChI=1S/C40H64N2O4/c1-5-7-9-11-13-15-17-19-29-41(3)31-39(43)45-33-35-21-25-37(26-22-35)38-27-23-36(24-28-38)34-46-40(44)32-42(4)30-20-18-16-14-12-10-8-6-2/h21-28H,5-20,29-34H2,1-4H3. The third-order valence-electron chi connectivity index (χ3n) is 8.63. The Labute approximate surface area is 281 Å². The van der Waals surface area contributed by atoms with Gasteiger partial charge in [-0.05, 0) is 62.3 Å².